The minimum absolute atomic E-state index is 0.0888. The van der Waals surface area contributed by atoms with Gasteiger partial charge in [0.15, 0.2) is 0 Å². The molecule has 0 aromatic heterocycles. The Labute approximate surface area is 413 Å². The number of nitrogens with one attached hydrogen (secondary N) is 1. The van der Waals surface area contributed by atoms with Crippen molar-refractivity contribution in [3.05, 3.63) is 0 Å². The number of aliphatic hydroxyl groups is 2. The van der Waals surface area contributed by atoms with E-state index >= 15 is 0 Å². The molecule has 3 unspecified atom stereocenters. The number of amides is 1. The Hall–Kier alpha value is -1.14. The van der Waals surface area contributed by atoms with Crippen LogP contribution in [0.3, 0.4) is 0 Å². The summed E-state index contributed by atoms with van der Waals surface area (Å²) in [6.07, 6.45) is 61.7. The molecule has 0 saturated heterocycles. The van der Waals surface area contributed by atoms with Crippen LogP contribution in [-0.4, -0.2) is 46.9 Å². The maximum atomic E-state index is 13.3. The van der Waals surface area contributed by atoms with Crippen LogP contribution in [0.15, 0.2) is 0 Å². The van der Waals surface area contributed by atoms with Gasteiger partial charge in [0.05, 0.1) is 25.2 Å². The van der Waals surface area contributed by atoms with Gasteiger partial charge in [-0.2, -0.15) is 0 Å². The second-order valence-electron chi connectivity index (χ2n) is 21.1. The van der Waals surface area contributed by atoms with E-state index in [1.807, 2.05) is 0 Å². The van der Waals surface area contributed by atoms with E-state index in [0.29, 0.717) is 19.3 Å². The van der Waals surface area contributed by atoms with Crippen LogP contribution in [0.1, 0.15) is 348 Å². The summed E-state index contributed by atoms with van der Waals surface area (Å²) >= 11 is 0. The number of ether oxygens (including phenoxy) is 1. The molecule has 0 aliphatic rings. The largest absolute Gasteiger partial charge is 0.462 e. The van der Waals surface area contributed by atoms with Gasteiger partial charge in [-0.3, -0.25) is 9.59 Å². The van der Waals surface area contributed by atoms with E-state index in [9.17, 15) is 19.8 Å². The van der Waals surface area contributed by atoms with Crippen molar-refractivity contribution in [2.75, 3.05) is 6.61 Å². The third-order valence-electron chi connectivity index (χ3n) is 14.4. The van der Waals surface area contributed by atoms with Crippen LogP contribution in [0.5, 0.6) is 0 Å². The molecule has 1 amide bonds. The van der Waals surface area contributed by atoms with Gasteiger partial charge in [0, 0.05) is 6.42 Å². The molecule has 0 spiro atoms. The number of carbonyl (C=O) groups is 2. The molecule has 0 rings (SSSR count). The van der Waals surface area contributed by atoms with E-state index in [2.05, 4.69) is 26.1 Å². The van der Waals surface area contributed by atoms with Crippen molar-refractivity contribution in [1.82, 2.24) is 5.32 Å². The summed E-state index contributed by atoms with van der Waals surface area (Å²) in [5.74, 6) is -0.442. The van der Waals surface area contributed by atoms with Gasteiger partial charge in [0.1, 0.15) is 6.10 Å². The molecule has 3 N–H and O–H groups in total. The Kier molecular flexibility index (Phi) is 53.8. The number of carbonyl (C=O) groups excluding carboxylic acids is 2. The van der Waals surface area contributed by atoms with Crippen molar-refractivity contribution in [2.45, 2.75) is 366 Å². The van der Waals surface area contributed by atoms with Crippen molar-refractivity contribution < 1.29 is 24.5 Å². The number of hydrogen-bond donors (Lipinski definition) is 3. The minimum atomic E-state index is -0.780. The molecule has 0 aromatic rings. The normalized spacial score (nSPS) is 13.0. The fraction of sp³-hybridized carbons (Fsp3) is 0.967. The van der Waals surface area contributed by atoms with Crippen LogP contribution >= 0.6 is 0 Å². The summed E-state index contributed by atoms with van der Waals surface area (Å²) in [6, 6.07) is -0.693. The fourth-order valence-electron chi connectivity index (χ4n) is 9.85. The zero-order valence-electron chi connectivity index (χ0n) is 45.1. The molecule has 0 heterocycles. The summed E-state index contributed by atoms with van der Waals surface area (Å²) in [6.45, 7) is 6.54. The number of unbranched alkanes of at least 4 members (excludes halogenated alkanes) is 44. The molecular weight excluding hydrogens is 815 g/mol. The standard InChI is InChI=1S/C60H119NO5/c1-4-7-10-13-16-19-22-25-27-29-31-33-35-38-41-44-47-50-53-60(65)66-56(51-48-45-42-39-36-34-32-30-28-26-23-20-17-14-11-8-5-2)54-59(64)61-57(55-62)58(63)52-49-46-43-40-37-24-21-18-15-12-9-6-3/h56-58,62-63H,4-55H2,1-3H3,(H,61,64). The van der Waals surface area contributed by atoms with E-state index in [4.69, 9.17) is 4.74 Å². The summed E-state index contributed by atoms with van der Waals surface area (Å²) in [5.41, 5.74) is 0. The lowest BCUT2D eigenvalue weighted by Crippen LogP contribution is -2.46. The summed E-state index contributed by atoms with van der Waals surface area (Å²) < 4.78 is 5.98. The van der Waals surface area contributed by atoms with Crippen LogP contribution in [0.2, 0.25) is 0 Å². The van der Waals surface area contributed by atoms with E-state index in [1.54, 1.807) is 0 Å². The number of hydrogen-bond acceptors (Lipinski definition) is 5. The van der Waals surface area contributed by atoms with Crippen LogP contribution in [0, 0.1) is 0 Å². The highest BCUT2D eigenvalue weighted by Crippen LogP contribution is 2.20. The van der Waals surface area contributed by atoms with Crippen LogP contribution in [0.4, 0.5) is 0 Å². The quantitative estimate of drug-likeness (QED) is 0.0417. The first-order valence-electron chi connectivity index (χ1n) is 30.3. The first-order chi connectivity index (χ1) is 32.5. The van der Waals surface area contributed by atoms with Gasteiger partial charge in [0.25, 0.3) is 0 Å². The lowest BCUT2D eigenvalue weighted by molar-refractivity contribution is -0.151. The Morgan fingerprint density at radius 3 is 0.924 bits per heavy atom. The highest BCUT2D eigenvalue weighted by molar-refractivity contribution is 5.77. The maximum absolute atomic E-state index is 13.3. The average molecular weight is 935 g/mol. The molecule has 6 heteroatoms. The predicted octanol–water partition coefficient (Wildman–Crippen LogP) is 18.7. The van der Waals surface area contributed by atoms with E-state index in [1.165, 1.54) is 263 Å². The average Bonchev–Trinajstić information content (AvgIpc) is 3.31. The van der Waals surface area contributed by atoms with Crippen molar-refractivity contribution >= 4 is 11.9 Å². The first kappa shape index (κ1) is 64.9. The molecule has 0 fully saturated rings. The van der Waals surface area contributed by atoms with Gasteiger partial charge in [-0.25, -0.2) is 0 Å². The fourth-order valence-corrected chi connectivity index (χ4v) is 9.85. The Morgan fingerprint density at radius 2 is 0.636 bits per heavy atom. The van der Waals surface area contributed by atoms with Crippen molar-refractivity contribution in [3.63, 3.8) is 0 Å². The third-order valence-corrected chi connectivity index (χ3v) is 14.4. The predicted molar refractivity (Wildman–Crippen MR) is 287 cm³/mol. The van der Waals surface area contributed by atoms with Crippen LogP contribution < -0.4 is 5.32 Å². The van der Waals surface area contributed by atoms with E-state index < -0.39 is 18.2 Å². The highest BCUT2D eigenvalue weighted by atomic mass is 16.5. The molecule has 0 radical (unpaired) electrons. The lowest BCUT2D eigenvalue weighted by Gasteiger charge is -2.24. The number of esters is 1. The second-order valence-corrected chi connectivity index (χ2v) is 21.1. The molecule has 0 saturated carbocycles. The molecule has 0 aliphatic carbocycles. The summed E-state index contributed by atoms with van der Waals surface area (Å²) in [5, 5.41) is 23.9. The molecule has 0 bridgehead atoms. The van der Waals surface area contributed by atoms with Crippen molar-refractivity contribution in [1.29, 1.82) is 0 Å². The van der Waals surface area contributed by atoms with E-state index in [-0.39, 0.29) is 24.9 Å². The molecule has 66 heavy (non-hydrogen) atoms. The number of rotatable bonds is 56. The molecule has 3 atom stereocenters. The molecule has 0 aliphatic heterocycles. The maximum Gasteiger partial charge on any atom is 0.306 e. The van der Waals surface area contributed by atoms with Crippen LogP contribution in [-0.2, 0) is 14.3 Å². The van der Waals surface area contributed by atoms with Gasteiger partial charge in [-0.15, -0.1) is 0 Å². The second kappa shape index (κ2) is 54.8. The van der Waals surface area contributed by atoms with E-state index in [0.717, 1.165) is 38.5 Å². The molecular formula is C60H119NO5. The van der Waals surface area contributed by atoms with Gasteiger partial charge >= 0.3 is 5.97 Å². The molecule has 6 nitrogen and oxygen atoms in total. The smallest absolute Gasteiger partial charge is 0.306 e. The molecule has 0 aromatic carbocycles. The minimum Gasteiger partial charge on any atom is -0.462 e. The van der Waals surface area contributed by atoms with Gasteiger partial charge < -0.3 is 20.3 Å². The zero-order valence-corrected chi connectivity index (χ0v) is 45.1. The SMILES string of the molecule is CCCCCCCCCCCCCCCCCCCCC(=O)OC(CCCCCCCCCCCCCCCCCCC)CC(=O)NC(CO)C(O)CCCCCCCCCCCCCC. The van der Waals surface area contributed by atoms with Gasteiger partial charge in [-0.1, -0.05) is 310 Å². The Balaban J connectivity index is 4.47. The van der Waals surface area contributed by atoms with Crippen molar-refractivity contribution in [3.8, 4) is 0 Å². The topological polar surface area (TPSA) is 95.9 Å². The first-order valence-corrected chi connectivity index (χ1v) is 30.3. The van der Waals surface area contributed by atoms with Crippen molar-refractivity contribution in [2.24, 2.45) is 0 Å². The Morgan fingerprint density at radius 1 is 0.379 bits per heavy atom. The zero-order chi connectivity index (χ0) is 48.1. The third kappa shape index (κ3) is 49.3. The molecule has 394 valence electrons. The highest BCUT2D eigenvalue weighted by Gasteiger charge is 2.24. The van der Waals surface area contributed by atoms with Gasteiger partial charge in [0.2, 0.25) is 5.91 Å². The number of aliphatic hydroxyl groups excluding tert-OH is 2. The summed E-state index contributed by atoms with van der Waals surface area (Å²) in [4.78, 5) is 26.3. The summed E-state index contributed by atoms with van der Waals surface area (Å²) in [7, 11) is 0. The monoisotopic (exact) mass is 934 g/mol. The van der Waals surface area contributed by atoms with Crippen LogP contribution in [0.25, 0.3) is 0 Å². The lowest BCUT2D eigenvalue weighted by atomic mass is 10.0. The van der Waals surface area contributed by atoms with Gasteiger partial charge in [-0.05, 0) is 25.7 Å². The Bertz CT molecular complexity index is 959.